The molecule has 5 rings (SSSR count). The van der Waals surface area contributed by atoms with E-state index in [-0.39, 0.29) is 11.2 Å². The molecule has 0 fully saturated rings. The second-order valence-corrected chi connectivity index (χ2v) is 9.23. The number of carbonyl (C=O) groups is 1. The minimum atomic E-state index is -0.341. The van der Waals surface area contributed by atoms with Crippen LogP contribution in [0.5, 0.6) is 0 Å². The first kappa shape index (κ1) is 20.6. The van der Waals surface area contributed by atoms with Gasteiger partial charge in [-0.1, -0.05) is 48.2 Å². The van der Waals surface area contributed by atoms with Gasteiger partial charge in [0.25, 0.3) is 0 Å². The van der Waals surface area contributed by atoms with Crippen LogP contribution in [0.4, 0.5) is 5.69 Å². The van der Waals surface area contributed by atoms with Gasteiger partial charge in [0.15, 0.2) is 11.0 Å². The van der Waals surface area contributed by atoms with Crippen molar-refractivity contribution in [2.45, 2.75) is 43.1 Å². The predicted octanol–water partition coefficient (Wildman–Crippen LogP) is 5.19. The van der Waals surface area contributed by atoms with E-state index in [0.29, 0.717) is 11.7 Å². The molecule has 2 aromatic heterocycles. The lowest BCUT2D eigenvalue weighted by molar-refractivity contribution is -0.115. The van der Waals surface area contributed by atoms with Crippen LogP contribution in [0.2, 0.25) is 0 Å². The number of rotatable bonds is 7. The minimum absolute atomic E-state index is 0.0539. The lowest BCUT2D eigenvalue weighted by Gasteiger charge is -2.14. The topological polar surface area (TPSA) is 73.0 Å². The van der Waals surface area contributed by atoms with E-state index in [0.717, 1.165) is 35.7 Å². The molecule has 2 aromatic carbocycles. The monoisotopic (exact) mass is 444 g/mol. The summed E-state index contributed by atoms with van der Waals surface area (Å²) in [4.78, 5) is 12.9. The Morgan fingerprint density at radius 2 is 1.94 bits per heavy atom. The number of nitrogens with one attached hydrogen (secondary N) is 1. The molecule has 0 aliphatic heterocycles. The summed E-state index contributed by atoms with van der Waals surface area (Å²) in [5, 5.41) is 12.2. The highest BCUT2D eigenvalue weighted by atomic mass is 32.2. The lowest BCUT2D eigenvalue weighted by atomic mass is 10.1. The number of amides is 1. The van der Waals surface area contributed by atoms with E-state index in [9.17, 15) is 4.79 Å². The highest BCUT2D eigenvalue weighted by Gasteiger charge is 2.22. The molecule has 4 aromatic rings. The third-order valence-corrected chi connectivity index (χ3v) is 6.74. The molecule has 0 saturated carbocycles. The van der Waals surface area contributed by atoms with Crippen LogP contribution in [0, 0.1) is 0 Å². The molecule has 1 atom stereocenters. The highest BCUT2D eigenvalue weighted by molar-refractivity contribution is 8.00. The van der Waals surface area contributed by atoms with Crippen molar-refractivity contribution in [1.82, 2.24) is 14.8 Å². The van der Waals surface area contributed by atoms with Gasteiger partial charge in [-0.2, -0.15) is 0 Å². The van der Waals surface area contributed by atoms with E-state index in [2.05, 4.69) is 27.6 Å². The van der Waals surface area contributed by atoms with Crippen LogP contribution in [0.25, 0.3) is 11.4 Å². The molecule has 1 aliphatic carbocycles. The molecule has 32 heavy (non-hydrogen) atoms. The third-order valence-electron chi connectivity index (χ3n) is 5.66. The van der Waals surface area contributed by atoms with Gasteiger partial charge in [-0.25, -0.2) is 0 Å². The van der Waals surface area contributed by atoms with Gasteiger partial charge in [-0.15, -0.1) is 10.2 Å². The van der Waals surface area contributed by atoms with Crippen LogP contribution < -0.4 is 5.32 Å². The Labute approximate surface area is 191 Å². The Morgan fingerprint density at radius 3 is 2.75 bits per heavy atom. The normalized spacial score (nSPS) is 13.7. The molecule has 0 spiro atoms. The Hall–Kier alpha value is -3.32. The van der Waals surface area contributed by atoms with Crippen molar-refractivity contribution in [2.75, 3.05) is 5.32 Å². The minimum Gasteiger partial charge on any atom is -0.467 e. The Bertz CT molecular complexity index is 1220. The molecule has 0 unspecified atom stereocenters. The van der Waals surface area contributed by atoms with E-state index in [1.165, 1.54) is 29.3 Å². The summed E-state index contributed by atoms with van der Waals surface area (Å²) in [6.45, 7) is 2.38. The summed E-state index contributed by atoms with van der Waals surface area (Å²) in [6, 6.07) is 19.9. The van der Waals surface area contributed by atoms with E-state index >= 15 is 0 Å². The summed E-state index contributed by atoms with van der Waals surface area (Å²) in [5.74, 6) is 1.50. The number of benzene rings is 2. The van der Waals surface area contributed by atoms with Crippen LogP contribution >= 0.6 is 11.8 Å². The summed E-state index contributed by atoms with van der Waals surface area (Å²) in [6.07, 6.45) is 5.06. The zero-order valence-electron chi connectivity index (χ0n) is 17.8. The number of aryl methyl sites for hydroxylation is 2. The molecule has 1 amide bonds. The van der Waals surface area contributed by atoms with Gasteiger partial charge in [0, 0.05) is 11.3 Å². The van der Waals surface area contributed by atoms with E-state index in [1.807, 2.05) is 60.0 Å². The first-order valence-electron chi connectivity index (χ1n) is 10.8. The van der Waals surface area contributed by atoms with Crippen molar-refractivity contribution in [2.24, 2.45) is 0 Å². The Balaban J connectivity index is 1.35. The molecule has 1 aliphatic rings. The number of hydrogen-bond acceptors (Lipinski definition) is 5. The second-order valence-electron chi connectivity index (χ2n) is 7.92. The average molecular weight is 445 g/mol. The fourth-order valence-electron chi connectivity index (χ4n) is 3.98. The zero-order valence-corrected chi connectivity index (χ0v) is 18.6. The van der Waals surface area contributed by atoms with Gasteiger partial charge in [0.2, 0.25) is 5.91 Å². The van der Waals surface area contributed by atoms with Gasteiger partial charge in [0.05, 0.1) is 18.1 Å². The molecule has 2 heterocycles. The van der Waals surface area contributed by atoms with Gasteiger partial charge in [-0.3, -0.25) is 9.36 Å². The van der Waals surface area contributed by atoms with Gasteiger partial charge in [0.1, 0.15) is 5.76 Å². The van der Waals surface area contributed by atoms with Crippen LogP contribution in [-0.2, 0) is 24.2 Å². The predicted molar refractivity (Wildman–Crippen MR) is 126 cm³/mol. The average Bonchev–Trinajstić information content (AvgIpc) is 3.56. The number of nitrogens with zero attached hydrogens (tertiary/aromatic N) is 3. The molecular formula is C25H24N4O2S. The fraction of sp³-hybridized carbons (Fsp3) is 0.240. The van der Waals surface area contributed by atoms with Crippen molar-refractivity contribution >= 4 is 23.4 Å². The molecule has 162 valence electrons. The Kier molecular flexibility index (Phi) is 5.81. The highest BCUT2D eigenvalue weighted by Crippen LogP contribution is 2.29. The number of thioether (sulfide) groups is 1. The lowest BCUT2D eigenvalue weighted by Crippen LogP contribution is -2.23. The van der Waals surface area contributed by atoms with Crippen LogP contribution in [-0.4, -0.2) is 25.9 Å². The molecular weight excluding hydrogens is 420 g/mol. The molecule has 0 radical (unpaired) electrons. The quantitative estimate of drug-likeness (QED) is 0.397. The summed E-state index contributed by atoms with van der Waals surface area (Å²) in [7, 11) is 0. The second kappa shape index (κ2) is 9.04. The largest absolute Gasteiger partial charge is 0.467 e. The van der Waals surface area contributed by atoms with Crippen molar-refractivity contribution < 1.29 is 9.21 Å². The molecule has 0 bridgehead atoms. The molecule has 7 heteroatoms. The molecule has 6 nitrogen and oxygen atoms in total. The van der Waals surface area contributed by atoms with E-state index in [4.69, 9.17) is 4.42 Å². The zero-order chi connectivity index (χ0) is 21.9. The smallest absolute Gasteiger partial charge is 0.237 e. The number of aromatic nitrogens is 3. The van der Waals surface area contributed by atoms with Crippen molar-refractivity contribution in [3.8, 4) is 11.4 Å². The molecule has 0 saturated heterocycles. The third kappa shape index (κ3) is 4.34. The summed E-state index contributed by atoms with van der Waals surface area (Å²) < 4.78 is 7.55. The van der Waals surface area contributed by atoms with Gasteiger partial charge in [-0.05, 0) is 61.6 Å². The first-order chi connectivity index (χ1) is 15.7. The first-order valence-corrected chi connectivity index (χ1v) is 11.7. The number of furan rings is 1. The maximum absolute atomic E-state index is 12.9. The Morgan fingerprint density at radius 1 is 1.09 bits per heavy atom. The number of fused-ring (bicyclic) bond motifs is 1. The number of carbonyl (C=O) groups excluding carboxylic acids is 1. The summed E-state index contributed by atoms with van der Waals surface area (Å²) >= 11 is 1.40. The number of hydrogen-bond donors (Lipinski definition) is 1. The van der Waals surface area contributed by atoms with Crippen LogP contribution in [0.1, 0.15) is 30.2 Å². The fourth-order valence-corrected chi connectivity index (χ4v) is 4.83. The van der Waals surface area contributed by atoms with Gasteiger partial charge >= 0.3 is 0 Å². The van der Waals surface area contributed by atoms with Crippen molar-refractivity contribution in [1.29, 1.82) is 0 Å². The molecule has 1 N–H and O–H groups in total. The van der Waals surface area contributed by atoms with Crippen molar-refractivity contribution in [3.05, 3.63) is 83.8 Å². The van der Waals surface area contributed by atoms with Crippen LogP contribution in [0.15, 0.2) is 76.5 Å². The van der Waals surface area contributed by atoms with Crippen LogP contribution in [0.3, 0.4) is 0 Å². The maximum Gasteiger partial charge on any atom is 0.237 e. The SMILES string of the molecule is C[C@H](Sc1nnc(-c2ccccc2)n1Cc1ccco1)C(=O)Nc1ccc2c(c1)CCC2. The van der Waals surface area contributed by atoms with Gasteiger partial charge < -0.3 is 9.73 Å². The van der Waals surface area contributed by atoms with Crippen molar-refractivity contribution in [3.63, 3.8) is 0 Å². The maximum atomic E-state index is 12.9. The summed E-state index contributed by atoms with van der Waals surface area (Å²) in [5.41, 5.74) is 4.55. The number of anilines is 1. The standard InChI is InChI=1S/C25H24N4O2S/c1-17(24(30)26-21-13-12-18-9-5-10-20(18)15-21)32-25-28-27-23(19-7-3-2-4-8-19)29(25)16-22-11-6-14-31-22/h2-4,6-8,11-15,17H,5,9-10,16H2,1H3,(H,26,30)/t17-/m0/s1. The van der Waals surface area contributed by atoms with E-state index < -0.39 is 0 Å². The van der Waals surface area contributed by atoms with E-state index in [1.54, 1.807) is 6.26 Å².